The van der Waals surface area contributed by atoms with Crippen LogP contribution in [0.3, 0.4) is 0 Å². The van der Waals surface area contributed by atoms with Crippen molar-refractivity contribution >= 4 is 0 Å². The van der Waals surface area contributed by atoms with Crippen LogP contribution in [0.1, 0.15) is 12.8 Å². The van der Waals surface area contributed by atoms with E-state index in [1.807, 2.05) is 0 Å². The highest BCUT2D eigenvalue weighted by molar-refractivity contribution is 4.94. The Bertz CT molecular complexity index is 108. The monoisotopic (exact) mass is 140 g/mol. The Morgan fingerprint density at radius 2 is 1.80 bits per heavy atom. The molecule has 2 fully saturated rings. The smallest absolute Gasteiger partial charge is 0.0145 e. The second-order valence-corrected chi connectivity index (χ2v) is 3.57. The van der Waals surface area contributed by atoms with Crippen molar-refractivity contribution in [3.63, 3.8) is 0 Å². The second kappa shape index (κ2) is 2.51. The van der Waals surface area contributed by atoms with Gasteiger partial charge in [-0.05, 0) is 44.8 Å². The van der Waals surface area contributed by atoms with Crippen molar-refractivity contribution in [2.24, 2.45) is 11.8 Å². The van der Waals surface area contributed by atoms with Crippen molar-refractivity contribution in [2.75, 3.05) is 20.1 Å². The second-order valence-electron chi connectivity index (χ2n) is 3.57. The van der Waals surface area contributed by atoms with Crippen LogP contribution in [0.4, 0.5) is 0 Å². The summed E-state index contributed by atoms with van der Waals surface area (Å²) in [5, 5.41) is 6.90. The van der Waals surface area contributed by atoms with Crippen molar-refractivity contribution < 1.29 is 0 Å². The molecule has 3 atom stereocenters. The molecule has 58 valence electrons. The average Bonchev–Trinajstić information content (AvgIpc) is 2.19. The molecule has 2 aliphatic rings. The molecule has 1 saturated carbocycles. The van der Waals surface area contributed by atoms with E-state index in [1.165, 1.54) is 25.9 Å². The van der Waals surface area contributed by atoms with Gasteiger partial charge in [0.05, 0.1) is 0 Å². The number of piperidine rings is 1. The summed E-state index contributed by atoms with van der Waals surface area (Å²) in [5.74, 6) is 1.84. The van der Waals surface area contributed by atoms with Gasteiger partial charge in [0.15, 0.2) is 0 Å². The van der Waals surface area contributed by atoms with Gasteiger partial charge < -0.3 is 10.6 Å². The molecule has 1 aliphatic heterocycles. The molecule has 0 amide bonds. The van der Waals surface area contributed by atoms with Crippen LogP contribution < -0.4 is 10.6 Å². The lowest BCUT2D eigenvalue weighted by molar-refractivity contribution is 0.286. The van der Waals surface area contributed by atoms with Crippen molar-refractivity contribution in [1.82, 2.24) is 10.6 Å². The van der Waals surface area contributed by atoms with Crippen LogP contribution in [-0.4, -0.2) is 26.2 Å². The lowest BCUT2D eigenvalue weighted by Crippen LogP contribution is -2.47. The number of hydrogen-bond acceptors (Lipinski definition) is 2. The number of nitrogens with one attached hydrogen (secondary N) is 2. The van der Waals surface area contributed by atoms with Gasteiger partial charge >= 0.3 is 0 Å². The third-order valence-corrected chi connectivity index (χ3v) is 3.07. The summed E-state index contributed by atoms with van der Waals surface area (Å²) in [5.41, 5.74) is 0. The minimum Gasteiger partial charge on any atom is -0.316 e. The zero-order valence-electron chi connectivity index (χ0n) is 6.56. The van der Waals surface area contributed by atoms with Gasteiger partial charge in [-0.2, -0.15) is 0 Å². The molecule has 2 nitrogen and oxygen atoms in total. The van der Waals surface area contributed by atoms with Gasteiger partial charge in [0.2, 0.25) is 0 Å². The minimum absolute atomic E-state index is 0.821. The first-order chi connectivity index (χ1) is 4.92. The Balaban J connectivity index is 2.06. The van der Waals surface area contributed by atoms with Gasteiger partial charge in [-0.15, -0.1) is 0 Å². The molecule has 10 heavy (non-hydrogen) atoms. The third kappa shape index (κ3) is 0.867. The molecule has 1 saturated heterocycles. The van der Waals surface area contributed by atoms with Gasteiger partial charge in [0.25, 0.3) is 0 Å². The van der Waals surface area contributed by atoms with Crippen molar-refractivity contribution in [3.05, 3.63) is 0 Å². The molecule has 2 N–H and O–H groups in total. The standard InChI is InChI=1S/C8H16N2/c1-9-8-6-2-3-7(8)5-10-4-6/h6-10H,2-5H2,1H3/t6-,7+,8+. The highest BCUT2D eigenvalue weighted by atomic mass is 15.0. The molecule has 2 heteroatoms. The van der Waals surface area contributed by atoms with E-state index in [-0.39, 0.29) is 0 Å². The summed E-state index contributed by atoms with van der Waals surface area (Å²) in [7, 11) is 2.10. The maximum atomic E-state index is 3.47. The summed E-state index contributed by atoms with van der Waals surface area (Å²) in [6.07, 6.45) is 2.87. The zero-order chi connectivity index (χ0) is 6.97. The summed E-state index contributed by atoms with van der Waals surface area (Å²) < 4.78 is 0. The van der Waals surface area contributed by atoms with E-state index in [9.17, 15) is 0 Å². The molecule has 1 heterocycles. The fourth-order valence-electron chi connectivity index (χ4n) is 2.56. The van der Waals surface area contributed by atoms with Crippen LogP contribution in [-0.2, 0) is 0 Å². The average molecular weight is 140 g/mol. The van der Waals surface area contributed by atoms with Crippen LogP contribution in [0.25, 0.3) is 0 Å². The Morgan fingerprint density at radius 3 is 2.20 bits per heavy atom. The highest BCUT2D eigenvalue weighted by Crippen LogP contribution is 2.32. The molecular formula is C8H16N2. The Morgan fingerprint density at radius 1 is 1.20 bits per heavy atom. The van der Waals surface area contributed by atoms with E-state index < -0.39 is 0 Å². The normalized spacial score (nSPS) is 45.9. The van der Waals surface area contributed by atoms with Crippen molar-refractivity contribution in [1.29, 1.82) is 0 Å². The number of hydrogen-bond donors (Lipinski definition) is 2. The number of rotatable bonds is 1. The van der Waals surface area contributed by atoms with Gasteiger partial charge in [0, 0.05) is 6.04 Å². The molecule has 0 aromatic rings. The topological polar surface area (TPSA) is 24.1 Å². The molecule has 2 rings (SSSR count). The van der Waals surface area contributed by atoms with E-state index in [0.29, 0.717) is 0 Å². The van der Waals surface area contributed by atoms with Gasteiger partial charge in [0.1, 0.15) is 0 Å². The lowest BCUT2D eigenvalue weighted by Gasteiger charge is -2.30. The van der Waals surface area contributed by atoms with Gasteiger partial charge in [-0.1, -0.05) is 0 Å². The van der Waals surface area contributed by atoms with E-state index in [1.54, 1.807) is 0 Å². The largest absolute Gasteiger partial charge is 0.316 e. The van der Waals surface area contributed by atoms with Crippen LogP contribution in [0.5, 0.6) is 0 Å². The molecule has 0 aromatic carbocycles. The summed E-state index contributed by atoms with van der Waals surface area (Å²) in [4.78, 5) is 0. The SMILES string of the molecule is CN[C@H]1[C@@H]2CC[C@H]1CNC2. The molecule has 0 unspecified atom stereocenters. The lowest BCUT2D eigenvalue weighted by atomic mass is 9.94. The molecule has 0 radical (unpaired) electrons. The minimum atomic E-state index is 0.821. The predicted molar refractivity (Wildman–Crippen MR) is 41.9 cm³/mol. The molecule has 2 bridgehead atoms. The zero-order valence-corrected chi connectivity index (χ0v) is 6.56. The first-order valence-electron chi connectivity index (χ1n) is 4.30. The number of fused-ring (bicyclic) bond motifs is 2. The first kappa shape index (κ1) is 6.62. The van der Waals surface area contributed by atoms with E-state index in [0.717, 1.165) is 17.9 Å². The van der Waals surface area contributed by atoms with Gasteiger partial charge in [-0.3, -0.25) is 0 Å². The molecule has 0 aromatic heterocycles. The fraction of sp³-hybridized carbons (Fsp3) is 1.00. The first-order valence-corrected chi connectivity index (χ1v) is 4.30. The molecular weight excluding hydrogens is 124 g/mol. The third-order valence-electron chi connectivity index (χ3n) is 3.07. The van der Waals surface area contributed by atoms with Crippen LogP contribution in [0.15, 0.2) is 0 Å². The quantitative estimate of drug-likeness (QED) is 0.544. The van der Waals surface area contributed by atoms with E-state index in [4.69, 9.17) is 0 Å². The maximum Gasteiger partial charge on any atom is 0.0145 e. The Hall–Kier alpha value is -0.0800. The van der Waals surface area contributed by atoms with Crippen LogP contribution in [0.2, 0.25) is 0 Å². The van der Waals surface area contributed by atoms with E-state index >= 15 is 0 Å². The molecule has 1 aliphatic carbocycles. The van der Waals surface area contributed by atoms with Crippen molar-refractivity contribution in [3.8, 4) is 0 Å². The van der Waals surface area contributed by atoms with Gasteiger partial charge in [-0.25, -0.2) is 0 Å². The maximum absolute atomic E-state index is 3.47. The predicted octanol–water partition coefficient (Wildman–Crippen LogP) is 0.204. The fourth-order valence-corrected chi connectivity index (χ4v) is 2.56. The summed E-state index contributed by atoms with van der Waals surface area (Å²) in [6.45, 7) is 2.48. The highest BCUT2D eigenvalue weighted by Gasteiger charge is 2.37. The van der Waals surface area contributed by atoms with E-state index in [2.05, 4.69) is 17.7 Å². The Kier molecular flexibility index (Phi) is 1.66. The Labute approximate surface area is 62.4 Å². The summed E-state index contributed by atoms with van der Waals surface area (Å²) >= 11 is 0. The molecule has 0 spiro atoms. The van der Waals surface area contributed by atoms with Crippen LogP contribution in [0, 0.1) is 11.8 Å². The van der Waals surface area contributed by atoms with Crippen molar-refractivity contribution in [2.45, 2.75) is 18.9 Å². The van der Waals surface area contributed by atoms with Crippen LogP contribution >= 0.6 is 0 Å². The summed E-state index contributed by atoms with van der Waals surface area (Å²) in [6, 6.07) is 0.821.